The second-order valence-electron chi connectivity index (χ2n) is 4.78. The number of halogens is 1. The van der Waals surface area contributed by atoms with E-state index in [9.17, 15) is 4.79 Å². The van der Waals surface area contributed by atoms with E-state index in [2.05, 4.69) is 10.3 Å². The first-order valence-electron chi connectivity index (χ1n) is 6.37. The third-order valence-corrected chi connectivity index (χ3v) is 3.07. The van der Waals surface area contributed by atoms with Crippen LogP contribution in [0.15, 0.2) is 36.4 Å². The minimum Gasteiger partial charge on any atom is -0.348 e. The minimum atomic E-state index is -0.157. The van der Waals surface area contributed by atoms with Crippen LogP contribution in [0.4, 0.5) is 0 Å². The second kappa shape index (κ2) is 6.02. The van der Waals surface area contributed by atoms with Crippen LogP contribution in [0.2, 0.25) is 0 Å². The number of hydrogen-bond donors (Lipinski definition) is 1. The lowest BCUT2D eigenvalue weighted by Gasteiger charge is -2.14. The van der Waals surface area contributed by atoms with Crippen LogP contribution in [0.1, 0.15) is 30.8 Å². The zero-order valence-corrected chi connectivity index (χ0v) is 11.8. The average molecular weight is 277 g/mol. The van der Waals surface area contributed by atoms with Gasteiger partial charge >= 0.3 is 0 Å². The van der Waals surface area contributed by atoms with Gasteiger partial charge in [0.05, 0.1) is 5.52 Å². The number of para-hydroxylation sites is 1. The van der Waals surface area contributed by atoms with Crippen LogP contribution in [-0.2, 0) is 0 Å². The zero-order chi connectivity index (χ0) is 13.8. The number of carbonyl (C=O) groups excluding carboxylic acids is 1. The van der Waals surface area contributed by atoms with Crippen molar-refractivity contribution in [1.29, 1.82) is 0 Å². The number of amides is 1. The van der Waals surface area contributed by atoms with Crippen molar-refractivity contribution >= 4 is 28.4 Å². The number of aromatic nitrogens is 1. The molecule has 19 heavy (non-hydrogen) atoms. The summed E-state index contributed by atoms with van der Waals surface area (Å²) in [5, 5.41) is 3.98. The van der Waals surface area contributed by atoms with E-state index in [0.717, 1.165) is 17.3 Å². The van der Waals surface area contributed by atoms with E-state index >= 15 is 0 Å². The van der Waals surface area contributed by atoms with Crippen LogP contribution in [0.3, 0.4) is 0 Å². The predicted octanol–water partition coefficient (Wildman–Crippen LogP) is 3.37. The Morgan fingerprint density at radius 1 is 1.26 bits per heavy atom. The summed E-state index contributed by atoms with van der Waals surface area (Å²) in [6, 6.07) is 11.4. The highest BCUT2D eigenvalue weighted by molar-refractivity contribution is 6.20. The fourth-order valence-electron chi connectivity index (χ4n) is 2.04. The number of benzene rings is 1. The van der Waals surface area contributed by atoms with Gasteiger partial charge in [-0.3, -0.25) is 4.79 Å². The normalized spacial score (nSPS) is 14.1. The van der Waals surface area contributed by atoms with E-state index in [4.69, 9.17) is 11.6 Å². The van der Waals surface area contributed by atoms with E-state index in [1.165, 1.54) is 0 Å². The van der Waals surface area contributed by atoms with Gasteiger partial charge in [-0.05, 0) is 32.4 Å². The summed E-state index contributed by atoms with van der Waals surface area (Å²) >= 11 is 5.91. The maximum Gasteiger partial charge on any atom is 0.270 e. The molecule has 1 heterocycles. The third-order valence-electron chi connectivity index (χ3n) is 2.89. The van der Waals surface area contributed by atoms with Crippen molar-refractivity contribution < 1.29 is 4.79 Å². The molecule has 1 amide bonds. The Morgan fingerprint density at radius 2 is 2.00 bits per heavy atom. The third kappa shape index (κ3) is 3.67. The topological polar surface area (TPSA) is 42.0 Å². The summed E-state index contributed by atoms with van der Waals surface area (Å²) in [4.78, 5) is 16.4. The first-order valence-corrected chi connectivity index (χ1v) is 6.80. The van der Waals surface area contributed by atoms with Crippen LogP contribution in [0.25, 0.3) is 10.9 Å². The highest BCUT2D eigenvalue weighted by Gasteiger charge is 2.13. The number of fused-ring (bicyclic) bond motifs is 1. The molecule has 1 aromatic carbocycles. The molecule has 0 aliphatic rings. The first-order chi connectivity index (χ1) is 9.06. The summed E-state index contributed by atoms with van der Waals surface area (Å²) in [5.41, 5.74) is 1.27. The summed E-state index contributed by atoms with van der Waals surface area (Å²) in [5.74, 6) is -0.157. The lowest BCUT2D eigenvalue weighted by molar-refractivity contribution is 0.0934. The Bertz CT molecular complexity index is 583. The van der Waals surface area contributed by atoms with Gasteiger partial charge in [-0.25, -0.2) is 4.98 Å². The Labute approximate surface area is 118 Å². The standard InChI is InChI=1S/C15H17ClN2O/c1-10(16)9-11(2)17-15(19)14-8-7-12-5-3-4-6-13(12)18-14/h3-8,10-11H,9H2,1-2H3,(H,17,19). The number of carbonyl (C=O) groups is 1. The van der Waals surface area contributed by atoms with Crippen molar-refractivity contribution in [2.24, 2.45) is 0 Å². The minimum absolute atomic E-state index is 0.0354. The quantitative estimate of drug-likeness (QED) is 0.870. The van der Waals surface area contributed by atoms with Crippen molar-refractivity contribution in [3.05, 3.63) is 42.1 Å². The van der Waals surface area contributed by atoms with Crippen molar-refractivity contribution in [3.63, 3.8) is 0 Å². The molecule has 0 fully saturated rings. The maximum atomic E-state index is 12.1. The molecular formula is C15H17ClN2O. The van der Waals surface area contributed by atoms with Crippen molar-refractivity contribution in [3.8, 4) is 0 Å². The Morgan fingerprint density at radius 3 is 2.74 bits per heavy atom. The lowest BCUT2D eigenvalue weighted by atomic mass is 10.1. The SMILES string of the molecule is CC(Cl)CC(C)NC(=O)c1ccc2ccccc2n1. The van der Waals surface area contributed by atoms with Gasteiger partial charge in [0.15, 0.2) is 0 Å². The molecule has 3 nitrogen and oxygen atoms in total. The molecule has 2 rings (SSSR count). The largest absolute Gasteiger partial charge is 0.348 e. The van der Waals surface area contributed by atoms with Gasteiger partial charge < -0.3 is 5.32 Å². The molecule has 0 aliphatic carbocycles. The molecule has 0 aliphatic heterocycles. The van der Waals surface area contributed by atoms with Gasteiger partial charge in [-0.2, -0.15) is 0 Å². The number of nitrogens with zero attached hydrogens (tertiary/aromatic N) is 1. The maximum absolute atomic E-state index is 12.1. The number of pyridine rings is 1. The lowest BCUT2D eigenvalue weighted by Crippen LogP contribution is -2.34. The number of rotatable bonds is 4. The van der Waals surface area contributed by atoms with Crippen molar-refractivity contribution in [1.82, 2.24) is 10.3 Å². The molecule has 0 spiro atoms. The molecule has 0 bridgehead atoms. The van der Waals surface area contributed by atoms with E-state index in [0.29, 0.717) is 5.69 Å². The van der Waals surface area contributed by atoms with Crippen LogP contribution in [0.5, 0.6) is 0 Å². The van der Waals surface area contributed by atoms with Gasteiger partial charge in [0.2, 0.25) is 0 Å². The highest BCUT2D eigenvalue weighted by Crippen LogP contribution is 2.12. The molecule has 2 unspecified atom stereocenters. The van der Waals surface area contributed by atoms with E-state index in [1.54, 1.807) is 6.07 Å². The summed E-state index contributed by atoms with van der Waals surface area (Å²) in [6.07, 6.45) is 0.737. The van der Waals surface area contributed by atoms with Crippen molar-refractivity contribution in [2.45, 2.75) is 31.7 Å². The summed E-state index contributed by atoms with van der Waals surface area (Å²) < 4.78 is 0. The molecular weight excluding hydrogens is 260 g/mol. The molecule has 1 N–H and O–H groups in total. The van der Waals surface area contributed by atoms with Gasteiger partial charge in [0, 0.05) is 16.8 Å². The molecule has 4 heteroatoms. The highest BCUT2D eigenvalue weighted by atomic mass is 35.5. The molecule has 0 saturated carbocycles. The van der Waals surface area contributed by atoms with Gasteiger partial charge in [0.25, 0.3) is 5.91 Å². The molecule has 0 radical (unpaired) electrons. The van der Waals surface area contributed by atoms with Gasteiger partial charge in [-0.15, -0.1) is 11.6 Å². The molecule has 2 aromatic rings. The Hall–Kier alpha value is -1.61. The molecule has 100 valence electrons. The van der Waals surface area contributed by atoms with Crippen LogP contribution < -0.4 is 5.32 Å². The van der Waals surface area contributed by atoms with Crippen LogP contribution in [-0.4, -0.2) is 22.3 Å². The van der Waals surface area contributed by atoms with E-state index in [-0.39, 0.29) is 17.3 Å². The van der Waals surface area contributed by atoms with Crippen LogP contribution in [0, 0.1) is 0 Å². The fraction of sp³-hybridized carbons (Fsp3) is 0.333. The second-order valence-corrected chi connectivity index (χ2v) is 5.53. The Balaban J connectivity index is 2.13. The number of hydrogen-bond acceptors (Lipinski definition) is 2. The monoisotopic (exact) mass is 276 g/mol. The zero-order valence-electron chi connectivity index (χ0n) is 11.1. The average Bonchev–Trinajstić information content (AvgIpc) is 2.37. The van der Waals surface area contributed by atoms with Gasteiger partial charge in [-0.1, -0.05) is 24.3 Å². The van der Waals surface area contributed by atoms with Crippen LogP contribution >= 0.6 is 11.6 Å². The molecule has 2 atom stereocenters. The predicted molar refractivity (Wildman–Crippen MR) is 78.6 cm³/mol. The molecule has 1 aromatic heterocycles. The summed E-state index contributed by atoms with van der Waals surface area (Å²) in [6.45, 7) is 3.86. The smallest absolute Gasteiger partial charge is 0.270 e. The number of nitrogens with one attached hydrogen (secondary N) is 1. The fourth-order valence-corrected chi connectivity index (χ4v) is 2.30. The van der Waals surface area contributed by atoms with Crippen molar-refractivity contribution in [2.75, 3.05) is 0 Å². The summed E-state index contributed by atoms with van der Waals surface area (Å²) in [7, 11) is 0. The van der Waals surface area contributed by atoms with Gasteiger partial charge in [0.1, 0.15) is 5.69 Å². The molecule has 0 saturated heterocycles. The first kappa shape index (κ1) is 13.8. The Kier molecular flexibility index (Phi) is 4.38. The number of alkyl halides is 1. The van der Waals surface area contributed by atoms with E-state index < -0.39 is 0 Å². The van der Waals surface area contributed by atoms with E-state index in [1.807, 2.05) is 44.2 Å².